The second kappa shape index (κ2) is 10.0. The van der Waals surface area contributed by atoms with Crippen LogP contribution in [0.2, 0.25) is 0 Å². The SMILES string of the molecule is C/C(=N\NC(=O)CSc1nnc(SCc2ccc(C)cc2)s1)c1cccs1. The number of hydrazone groups is 1. The molecule has 2 aromatic heterocycles. The molecule has 0 spiro atoms. The largest absolute Gasteiger partial charge is 0.272 e. The van der Waals surface area contributed by atoms with Gasteiger partial charge in [-0.3, -0.25) is 4.79 Å². The summed E-state index contributed by atoms with van der Waals surface area (Å²) in [7, 11) is 0. The third-order valence-electron chi connectivity index (χ3n) is 3.42. The maximum absolute atomic E-state index is 12.0. The van der Waals surface area contributed by atoms with Crippen LogP contribution in [-0.4, -0.2) is 27.6 Å². The molecule has 9 heteroatoms. The molecule has 3 rings (SSSR count). The monoisotopic (exact) mass is 434 g/mol. The van der Waals surface area contributed by atoms with Gasteiger partial charge < -0.3 is 0 Å². The Morgan fingerprint density at radius 2 is 1.89 bits per heavy atom. The number of hydrogen-bond donors (Lipinski definition) is 1. The van der Waals surface area contributed by atoms with E-state index in [0.29, 0.717) is 0 Å². The van der Waals surface area contributed by atoms with Crippen molar-refractivity contribution >= 4 is 57.8 Å². The minimum atomic E-state index is -0.153. The zero-order chi connectivity index (χ0) is 19.1. The first-order valence-corrected chi connectivity index (χ1v) is 11.8. The fourth-order valence-corrected chi connectivity index (χ4v) is 5.43. The van der Waals surface area contributed by atoms with Crippen LogP contribution in [0.25, 0.3) is 0 Å². The zero-order valence-corrected chi connectivity index (χ0v) is 18.1. The molecule has 0 radical (unpaired) electrons. The van der Waals surface area contributed by atoms with Gasteiger partial charge in [0.2, 0.25) is 0 Å². The second-order valence-corrected chi connectivity index (χ2v) is 9.98. The highest BCUT2D eigenvalue weighted by Crippen LogP contribution is 2.30. The fraction of sp³-hybridized carbons (Fsp3) is 0.222. The third-order valence-corrected chi connectivity index (χ3v) is 7.66. The van der Waals surface area contributed by atoms with Crippen molar-refractivity contribution < 1.29 is 4.79 Å². The molecule has 0 aliphatic carbocycles. The molecular weight excluding hydrogens is 416 g/mol. The molecule has 0 aliphatic heterocycles. The van der Waals surface area contributed by atoms with E-state index in [0.717, 1.165) is 25.0 Å². The number of thiophene rings is 1. The predicted octanol–water partition coefficient (Wildman–Crippen LogP) is 4.83. The zero-order valence-electron chi connectivity index (χ0n) is 14.8. The minimum Gasteiger partial charge on any atom is -0.272 e. The lowest BCUT2D eigenvalue weighted by Gasteiger charge is -2.00. The summed E-state index contributed by atoms with van der Waals surface area (Å²) >= 11 is 6.13. The number of amides is 1. The van der Waals surface area contributed by atoms with Gasteiger partial charge in [0.1, 0.15) is 0 Å². The van der Waals surface area contributed by atoms with Crippen molar-refractivity contribution in [2.45, 2.75) is 28.3 Å². The van der Waals surface area contributed by atoms with Crippen LogP contribution in [-0.2, 0) is 10.5 Å². The van der Waals surface area contributed by atoms with Crippen molar-refractivity contribution in [3.63, 3.8) is 0 Å². The molecule has 0 aliphatic rings. The number of carbonyl (C=O) groups is 1. The topological polar surface area (TPSA) is 67.2 Å². The molecule has 27 heavy (non-hydrogen) atoms. The van der Waals surface area contributed by atoms with Crippen LogP contribution in [0.5, 0.6) is 0 Å². The number of thioether (sulfide) groups is 2. The maximum atomic E-state index is 12.0. The first-order valence-electron chi connectivity index (χ1n) is 8.12. The van der Waals surface area contributed by atoms with Crippen molar-refractivity contribution in [3.05, 3.63) is 57.8 Å². The van der Waals surface area contributed by atoms with E-state index in [1.54, 1.807) is 23.1 Å². The van der Waals surface area contributed by atoms with E-state index in [9.17, 15) is 4.79 Å². The Bertz CT molecular complexity index is 904. The Hall–Kier alpha value is -1.68. The molecule has 0 unspecified atom stereocenters. The molecule has 1 amide bonds. The van der Waals surface area contributed by atoms with E-state index < -0.39 is 0 Å². The molecule has 3 aromatic rings. The Kier molecular flexibility index (Phi) is 7.45. The van der Waals surface area contributed by atoms with Gasteiger partial charge >= 0.3 is 0 Å². The summed E-state index contributed by atoms with van der Waals surface area (Å²) in [5, 5.41) is 14.4. The van der Waals surface area contributed by atoms with Gasteiger partial charge in [0.15, 0.2) is 8.68 Å². The quantitative estimate of drug-likeness (QED) is 0.312. The van der Waals surface area contributed by atoms with Crippen molar-refractivity contribution in [1.29, 1.82) is 0 Å². The highest BCUT2D eigenvalue weighted by atomic mass is 32.2. The van der Waals surface area contributed by atoms with Gasteiger partial charge in [0, 0.05) is 10.6 Å². The summed E-state index contributed by atoms with van der Waals surface area (Å²) in [6.07, 6.45) is 0. The Labute approximate surface area is 174 Å². The first-order chi connectivity index (χ1) is 13.1. The number of aromatic nitrogens is 2. The average Bonchev–Trinajstić information content (AvgIpc) is 3.36. The van der Waals surface area contributed by atoms with Crippen LogP contribution in [0.3, 0.4) is 0 Å². The first kappa shape index (κ1) is 20.1. The molecule has 140 valence electrons. The van der Waals surface area contributed by atoms with E-state index in [4.69, 9.17) is 0 Å². The predicted molar refractivity (Wildman–Crippen MR) is 116 cm³/mol. The van der Waals surface area contributed by atoms with Crippen molar-refractivity contribution in [2.24, 2.45) is 5.10 Å². The van der Waals surface area contributed by atoms with E-state index in [1.165, 1.54) is 34.2 Å². The van der Waals surface area contributed by atoms with E-state index >= 15 is 0 Å². The summed E-state index contributed by atoms with van der Waals surface area (Å²) in [6, 6.07) is 12.4. The van der Waals surface area contributed by atoms with Crippen molar-refractivity contribution in [3.8, 4) is 0 Å². The number of hydrogen-bond acceptors (Lipinski definition) is 8. The van der Waals surface area contributed by atoms with Gasteiger partial charge in [-0.25, -0.2) is 5.43 Å². The summed E-state index contributed by atoms with van der Waals surface area (Å²) in [5.41, 5.74) is 5.90. The second-order valence-electron chi connectivity index (χ2n) is 5.61. The molecule has 1 aromatic carbocycles. The van der Waals surface area contributed by atoms with Gasteiger partial charge in [-0.15, -0.1) is 21.5 Å². The Morgan fingerprint density at radius 1 is 1.15 bits per heavy atom. The highest BCUT2D eigenvalue weighted by molar-refractivity contribution is 8.03. The lowest BCUT2D eigenvalue weighted by Crippen LogP contribution is -2.20. The van der Waals surface area contributed by atoms with Gasteiger partial charge in [-0.1, -0.05) is 70.8 Å². The van der Waals surface area contributed by atoms with Crippen molar-refractivity contribution in [1.82, 2.24) is 15.6 Å². The normalized spacial score (nSPS) is 11.6. The molecule has 0 fully saturated rings. The minimum absolute atomic E-state index is 0.153. The molecular formula is C18H18N4OS4. The smallest absolute Gasteiger partial charge is 0.250 e. The standard InChI is InChI=1S/C18H18N4OS4/c1-12-5-7-14(8-6-12)10-25-17-21-22-18(27-17)26-11-16(23)20-19-13(2)15-4-3-9-24-15/h3-9H,10-11H2,1-2H3,(H,20,23)/b19-13+. The number of rotatable bonds is 8. The summed E-state index contributed by atoms with van der Waals surface area (Å²) in [4.78, 5) is 13.0. The highest BCUT2D eigenvalue weighted by Gasteiger charge is 2.09. The van der Waals surface area contributed by atoms with Crippen LogP contribution >= 0.6 is 46.2 Å². The number of nitrogens with zero attached hydrogens (tertiary/aromatic N) is 3. The third kappa shape index (κ3) is 6.46. The van der Waals surface area contributed by atoms with Crippen LogP contribution in [0.4, 0.5) is 0 Å². The van der Waals surface area contributed by atoms with E-state index in [1.807, 2.05) is 24.4 Å². The van der Waals surface area contributed by atoms with Crippen LogP contribution < -0.4 is 5.43 Å². The number of carbonyl (C=O) groups excluding carboxylic acids is 1. The lowest BCUT2D eigenvalue weighted by atomic mass is 10.2. The van der Waals surface area contributed by atoms with Gasteiger partial charge in [-0.2, -0.15) is 5.10 Å². The Balaban J connectivity index is 1.43. The van der Waals surface area contributed by atoms with E-state index in [2.05, 4.69) is 51.9 Å². The summed E-state index contributed by atoms with van der Waals surface area (Å²) < 4.78 is 1.69. The summed E-state index contributed by atoms with van der Waals surface area (Å²) in [5.74, 6) is 0.967. The van der Waals surface area contributed by atoms with Crippen LogP contribution in [0.15, 0.2) is 55.6 Å². The maximum Gasteiger partial charge on any atom is 0.250 e. The molecule has 5 nitrogen and oxygen atoms in total. The molecule has 0 atom stereocenters. The van der Waals surface area contributed by atoms with Crippen LogP contribution in [0.1, 0.15) is 22.9 Å². The van der Waals surface area contributed by atoms with Crippen molar-refractivity contribution in [2.75, 3.05) is 5.75 Å². The van der Waals surface area contributed by atoms with Gasteiger partial charge in [0.25, 0.3) is 5.91 Å². The lowest BCUT2D eigenvalue weighted by molar-refractivity contribution is -0.118. The molecule has 1 N–H and O–H groups in total. The van der Waals surface area contributed by atoms with Gasteiger partial charge in [0.05, 0.1) is 11.5 Å². The van der Waals surface area contributed by atoms with E-state index in [-0.39, 0.29) is 11.7 Å². The fourth-order valence-electron chi connectivity index (χ4n) is 1.99. The number of nitrogens with one attached hydrogen (secondary N) is 1. The molecule has 0 saturated carbocycles. The number of benzene rings is 1. The van der Waals surface area contributed by atoms with Crippen LogP contribution in [0, 0.1) is 6.92 Å². The summed E-state index contributed by atoms with van der Waals surface area (Å²) in [6.45, 7) is 3.96. The molecule has 0 bridgehead atoms. The average molecular weight is 435 g/mol. The number of aryl methyl sites for hydroxylation is 1. The van der Waals surface area contributed by atoms with Gasteiger partial charge in [-0.05, 0) is 30.9 Å². The molecule has 0 saturated heterocycles. The molecule has 2 heterocycles. The Morgan fingerprint density at radius 3 is 2.59 bits per heavy atom.